The van der Waals surface area contributed by atoms with Crippen molar-refractivity contribution >= 4 is 27.8 Å². The van der Waals surface area contributed by atoms with Crippen molar-refractivity contribution in [2.45, 2.75) is 12.8 Å². The highest BCUT2D eigenvalue weighted by molar-refractivity contribution is 9.10. The van der Waals surface area contributed by atoms with Gasteiger partial charge in [0.05, 0.1) is 0 Å². The van der Waals surface area contributed by atoms with E-state index in [1.165, 1.54) is 0 Å². The van der Waals surface area contributed by atoms with Crippen LogP contribution < -0.4 is 0 Å². The first kappa shape index (κ1) is 8.70. The minimum atomic E-state index is 0.288. The highest BCUT2D eigenvalue weighted by atomic mass is 79.9. The summed E-state index contributed by atoms with van der Waals surface area (Å²) in [4.78, 5) is 11.1. The van der Waals surface area contributed by atoms with Crippen LogP contribution in [-0.2, 0) is 4.79 Å². The summed E-state index contributed by atoms with van der Waals surface area (Å²) in [7, 11) is 0. The molecule has 1 aliphatic carbocycles. The van der Waals surface area contributed by atoms with Crippen LogP contribution in [0, 0.1) is 0 Å². The highest BCUT2D eigenvalue weighted by Gasteiger charge is 2.19. The molecular formula is C11H9BrO. The van der Waals surface area contributed by atoms with Crippen molar-refractivity contribution in [1.29, 1.82) is 0 Å². The van der Waals surface area contributed by atoms with E-state index in [1.54, 1.807) is 0 Å². The van der Waals surface area contributed by atoms with Crippen molar-refractivity contribution in [1.82, 2.24) is 0 Å². The molecule has 13 heavy (non-hydrogen) atoms. The van der Waals surface area contributed by atoms with Gasteiger partial charge in [-0.15, -0.1) is 0 Å². The average molecular weight is 237 g/mol. The molecule has 1 saturated carbocycles. The van der Waals surface area contributed by atoms with E-state index >= 15 is 0 Å². The molecule has 0 bridgehead atoms. The third-order valence-corrected chi connectivity index (χ3v) is 2.94. The molecular weight excluding hydrogens is 228 g/mol. The molecule has 1 aliphatic rings. The van der Waals surface area contributed by atoms with Gasteiger partial charge in [-0.25, -0.2) is 0 Å². The Morgan fingerprint density at radius 3 is 2.54 bits per heavy atom. The van der Waals surface area contributed by atoms with Crippen molar-refractivity contribution in [3.05, 3.63) is 39.9 Å². The number of hydrogen-bond donors (Lipinski definition) is 0. The van der Waals surface area contributed by atoms with Gasteiger partial charge in [0.1, 0.15) is 0 Å². The van der Waals surface area contributed by atoms with Crippen molar-refractivity contribution < 1.29 is 4.79 Å². The lowest BCUT2D eigenvalue weighted by molar-refractivity contribution is -0.118. The van der Waals surface area contributed by atoms with Crippen LogP contribution in [0.5, 0.6) is 0 Å². The first-order valence-electron chi connectivity index (χ1n) is 4.25. The van der Waals surface area contributed by atoms with Crippen LogP contribution in [-0.4, -0.2) is 5.78 Å². The highest BCUT2D eigenvalue weighted by Crippen LogP contribution is 2.26. The summed E-state index contributed by atoms with van der Waals surface area (Å²) in [5, 5.41) is 0. The van der Waals surface area contributed by atoms with Crippen LogP contribution in [0.15, 0.2) is 34.3 Å². The van der Waals surface area contributed by atoms with Crippen molar-refractivity contribution in [3.8, 4) is 0 Å². The third-order valence-electron chi connectivity index (χ3n) is 2.21. The van der Waals surface area contributed by atoms with Gasteiger partial charge in [0.2, 0.25) is 0 Å². The zero-order chi connectivity index (χ0) is 9.26. The number of benzene rings is 1. The molecule has 0 atom stereocenters. The molecule has 0 saturated heterocycles. The molecule has 2 rings (SSSR count). The Bertz CT molecular complexity index is 379. The Balaban J connectivity index is 2.32. The molecule has 1 aromatic carbocycles. The Kier molecular flexibility index (Phi) is 2.32. The third kappa shape index (κ3) is 1.73. The monoisotopic (exact) mass is 236 g/mol. The maximum absolute atomic E-state index is 11.1. The minimum Gasteiger partial charge on any atom is -0.295 e. The molecule has 0 spiro atoms. The predicted octanol–water partition coefficient (Wildman–Crippen LogP) is 3.20. The van der Waals surface area contributed by atoms with E-state index in [9.17, 15) is 4.79 Å². The second-order valence-electron chi connectivity index (χ2n) is 3.11. The van der Waals surface area contributed by atoms with Crippen molar-refractivity contribution in [2.75, 3.05) is 0 Å². The minimum absolute atomic E-state index is 0.288. The molecule has 66 valence electrons. The second kappa shape index (κ2) is 3.46. The number of allylic oxidation sites excluding steroid dienone is 1. The fourth-order valence-electron chi connectivity index (χ4n) is 1.30. The smallest absolute Gasteiger partial charge is 0.159 e. The normalized spacial score (nSPS) is 18.8. The van der Waals surface area contributed by atoms with E-state index in [0.717, 1.165) is 28.5 Å². The number of carbonyl (C=O) groups is 1. The maximum atomic E-state index is 11.1. The molecule has 0 unspecified atom stereocenters. The van der Waals surface area contributed by atoms with Gasteiger partial charge >= 0.3 is 0 Å². The number of carbonyl (C=O) groups excluding carboxylic acids is 1. The molecule has 0 heterocycles. The summed E-state index contributed by atoms with van der Waals surface area (Å²) in [6.45, 7) is 0. The zero-order valence-electron chi connectivity index (χ0n) is 7.09. The first-order valence-corrected chi connectivity index (χ1v) is 5.05. The van der Waals surface area contributed by atoms with Gasteiger partial charge in [0.25, 0.3) is 0 Å². The van der Waals surface area contributed by atoms with E-state index < -0.39 is 0 Å². The van der Waals surface area contributed by atoms with Gasteiger partial charge in [-0.1, -0.05) is 34.1 Å². The molecule has 0 radical (unpaired) electrons. The number of Topliss-reactive ketones (excluding diaryl/α,β-unsaturated/α-hetero) is 1. The van der Waals surface area contributed by atoms with Crippen LogP contribution in [0.25, 0.3) is 6.08 Å². The molecule has 1 fully saturated rings. The number of ketones is 1. The maximum Gasteiger partial charge on any atom is 0.159 e. The quantitative estimate of drug-likeness (QED) is 0.685. The zero-order valence-corrected chi connectivity index (χ0v) is 8.67. The summed E-state index contributed by atoms with van der Waals surface area (Å²) < 4.78 is 1.04. The molecule has 0 amide bonds. The lowest BCUT2D eigenvalue weighted by atomic mass is 9.89. The lowest BCUT2D eigenvalue weighted by Gasteiger charge is -2.14. The van der Waals surface area contributed by atoms with E-state index in [2.05, 4.69) is 15.9 Å². The Hall–Kier alpha value is -0.890. The SMILES string of the molecule is O=C1CC/C1=C\c1ccccc1Br. The van der Waals surface area contributed by atoms with Gasteiger partial charge in [-0.2, -0.15) is 0 Å². The molecule has 1 aromatic rings. The van der Waals surface area contributed by atoms with Crippen LogP contribution >= 0.6 is 15.9 Å². The summed E-state index contributed by atoms with van der Waals surface area (Å²) in [6, 6.07) is 7.92. The van der Waals surface area contributed by atoms with E-state index in [0.29, 0.717) is 0 Å². The van der Waals surface area contributed by atoms with Crippen LogP contribution in [0.2, 0.25) is 0 Å². The molecule has 0 N–H and O–H groups in total. The number of halogens is 1. The largest absolute Gasteiger partial charge is 0.295 e. The molecule has 2 heteroatoms. The summed E-state index contributed by atoms with van der Waals surface area (Å²) >= 11 is 3.44. The Morgan fingerprint density at radius 2 is 2.00 bits per heavy atom. The van der Waals surface area contributed by atoms with Crippen molar-refractivity contribution in [3.63, 3.8) is 0 Å². The average Bonchev–Trinajstić information content (AvgIpc) is 2.14. The van der Waals surface area contributed by atoms with Gasteiger partial charge < -0.3 is 0 Å². The Labute approximate surface area is 85.6 Å². The predicted molar refractivity (Wildman–Crippen MR) is 56.4 cm³/mol. The van der Waals surface area contributed by atoms with Gasteiger partial charge in [-0.3, -0.25) is 4.79 Å². The van der Waals surface area contributed by atoms with Crippen LogP contribution in [0.4, 0.5) is 0 Å². The fourth-order valence-corrected chi connectivity index (χ4v) is 1.70. The van der Waals surface area contributed by atoms with E-state index in [1.807, 2.05) is 30.3 Å². The Morgan fingerprint density at radius 1 is 1.23 bits per heavy atom. The van der Waals surface area contributed by atoms with Crippen molar-refractivity contribution in [2.24, 2.45) is 0 Å². The number of rotatable bonds is 1. The fraction of sp³-hybridized carbons (Fsp3) is 0.182. The standard InChI is InChI=1S/C11H9BrO/c12-10-4-2-1-3-8(10)7-9-5-6-11(9)13/h1-4,7H,5-6H2/b9-7+. The van der Waals surface area contributed by atoms with Crippen LogP contribution in [0.1, 0.15) is 18.4 Å². The van der Waals surface area contributed by atoms with E-state index in [-0.39, 0.29) is 5.78 Å². The van der Waals surface area contributed by atoms with Gasteiger partial charge in [-0.05, 0) is 29.7 Å². The lowest BCUT2D eigenvalue weighted by Crippen LogP contribution is -2.13. The van der Waals surface area contributed by atoms with Gasteiger partial charge in [0, 0.05) is 10.9 Å². The second-order valence-corrected chi connectivity index (χ2v) is 3.97. The number of hydrogen-bond acceptors (Lipinski definition) is 1. The molecule has 0 aromatic heterocycles. The topological polar surface area (TPSA) is 17.1 Å². The summed E-state index contributed by atoms with van der Waals surface area (Å²) in [5.74, 6) is 0.288. The molecule has 1 nitrogen and oxygen atoms in total. The van der Waals surface area contributed by atoms with Crippen LogP contribution in [0.3, 0.4) is 0 Å². The van der Waals surface area contributed by atoms with Gasteiger partial charge in [0.15, 0.2) is 5.78 Å². The first-order chi connectivity index (χ1) is 6.27. The van der Waals surface area contributed by atoms with E-state index in [4.69, 9.17) is 0 Å². The molecule has 0 aliphatic heterocycles. The summed E-state index contributed by atoms with van der Waals surface area (Å²) in [5.41, 5.74) is 2.04. The summed E-state index contributed by atoms with van der Waals surface area (Å²) in [6.07, 6.45) is 3.62.